The molecule has 0 atom stereocenters. The third-order valence-corrected chi connectivity index (χ3v) is 3.90. The van der Waals surface area contributed by atoms with Crippen LogP contribution in [0, 0.1) is 0 Å². The summed E-state index contributed by atoms with van der Waals surface area (Å²) in [4.78, 5) is 2.11. The zero-order valence-electron chi connectivity index (χ0n) is 12.8. The van der Waals surface area contributed by atoms with Crippen LogP contribution in [-0.4, -0.2) is 17.4 Å². The first-order chi connectivity index (χ1) is 11.7. The van der Waals surface area contributed by atoms with E-state index in [1.807, 2.05) is 66.7 Å². The van der Waals surface area contributed by atoms with Gasteiger partial charge in [-0.05, 0) is 36.4 Å². The lowest BCUT2D eigenvalue weighted by atomic mass is 10.1. The highest BCUT2D eigenvalue weighted by molar-refractivity contribution is 6.34. The molecular formula is C18H15BN2O3. The smallest absolute Gasteiger partial charge is 0.510 e. The number of rotatable bonds is 3. The average Bonchev–Trinajstić information content (AvgIpc) is 2.60. The lowest BCUT2D eigenvalue weighted by Gasteiger charge is -2.34. The summed E-state index contributed by atoms with van der Waals surface area (Å²) in [6, 6.07) is 23.4. The van der Waals surface area contributed by atoms with E-state index >= 15 is 0 Å². The highest BCUT2D eigenvalue weighted by atomic mass is 16.6. The van der Waals surface area contributed by atoms with Gasteiger partial charge in [0.25, 0.3) is 0 Å². The van der Waals surface area contributed by atoms with Gasteiger partial charge in [0.15, 0.2) is 0 Å². The summed E-state index contributed by atoms with van der Waals surface area (Å²) in [5.41, 5.74) is 4.50. The second kappa shape index (κ2) is 5.92. The fraction of sp³-hybridized carbons (Fsp3) is 0. The van der Waals surface area contributed by atoms with Crippen molar-refractivity contribution < 1.29 is 14.7 Å². The Morgan fingerprint density at radius 3 is 2.29 bits per heavy atom. The number of para-hydroxylation sites is 4. The van der Waals surface area contributed by atoms with Crippen LogP contribution in [0.5, 0.6) is 5.75 Å². The molecule has 6 heteroatoms. The number of nitrogens with one attached hydrogen (secondary N) is 1. The van der Waals surface area contributed by atoms with Crippen molar-refractivity contribution in [2.75, 3.05) is 10.2 Å². The normalized spacial score (nSPS) is 12.0. The van der Waals surface area contributed by atoms with Crippen LogP contribution in [0.2, 0.25) is 0 Å². The molecule has 118 valence electrons. The minimum Gasteiger partial charge on any atom is -0.510 e. The van der Waals surface area contributed by atoms with Crippen molar-refractivity contribution >= 4 is 35.8 Å². The third kappa shape index (κ3) is 2.48. The van der Waals surface area contributed by atoms with Crippen LogP contribution in [0.15, 0.2) is 72.8 Å². The van der Waals surface area contributed by atoms with E-state index in [0.29, 0.717) is 11.4 Å². The number of anilines is 5. The lowest BCUT2D eigenvalue weighted by Crippen LogP contribution is -2.23. The molecule has 1 aliphatic heterocycles. The quantitative estimate of drug-likeness (QED) is 0.504. The molecule has 0 fully saturated rings. The molecule has 3 aromatic carbocycles. The molecular weight excluding hydrogens is 303 g/mol. The molecule has 1 heterocycles. The van der Waals surface area contributed by atoms with Gasteiger partial charge in [0.1, 0.15) is 11.4 Å². The van der Waals surface area contributed by atoms with Gasteiger partial charge in [-0.3, -0.25) is 0 Å². The number of benzene rings is 3. The number of nitrogens with zero attached hydrogens (tertiary/aromatic N) is 1. The molecule has 3 aromatic rings. The summed E-state index contributed by atoms with van der Waals surface area (Å²) in [5, 5.41) is 21.7. The van der Waals surface area contributed by atoms with E-state index in [9.17, 15) is 10.0 Å². The van der Waals surface area contributed by atoms with Crippen molar-refractivity contribution in [3.8, 4) is 5.75 Å². The lowest BCUT2D eigenvalue weighted by molar-refractivity contribution is 0.289. The van der Waals surface area contributed by atoms with Crippen molar-refractivity contribution in [1.29, 1.82) is 0 Å². The largest absolute Gasteiger partial charge is 0.707 e. The van der Waals surface area contributed by atoms with Gasteiger partial charge >= 0.3 is 7.32 Å². The van der Waals surface area contributed by atoms with Crippen LogP contribution in [0.1, 0.15) is 0 Å². The molecule has 0 aromatic heterocycles. The molecule has 0 spiro atoms. The molecule has 3 N–H and O–H groups in total. The van der Waals surface area contributed by atoms with E-state index in [-0.39, 0.29) is 0 Å². The van der Waals surface area contributed by atoms with Crippen molar-refractivity contribution in [2.24, 2.45) is 0 Å². The van der Waals surface area contributed by atoms with Crippen molar-refractivity contribution in [3.05, 3.63) is 72.8 Å². The molecule has 24 heavy (non-hydrogen) atoms. The van der Waals surface area contributed by atoms with E-state index in [0.717, 1.165) is 22.7 Å². The van der Waals surface area contributed by atoms with E-state index in [4.69, 9.17) is 4.65 Å². The molecule has 0 unspecified atom stereocenters. The molecule has 0 saturated heterocycles. The maximum atomic E-state index is 9.18. The predicted octanol–water partition coefficient (Wildman–Crippen LogP) is 3.56. The zero-order valence-corrected chi connectivity index (χ0v) is 12.8. The van der Waals surface area contributed by atoms with Crippen LogP contribution in [-0.2, 0) is 0 Å². The van der Waals surface area contributed by atoms with E-state index in [2.05, 4.69) is 10.2 Å². The zero-order chi connectivity index (χ0) is 16.5. The van der Waals surface area contributed by atoms with Crippen LogP contribution < -0.4 is 14.9 Å². The van der Waals surface area contributed by atoms with E-state index in [1.54, 1.807) is 6.07 Å². The van der Waals surface area contributed by atoms with Gasteiger partial charge in [0.05, 0.1) is 17.1 Å². The maximum Gasteiger partial charge on any atom is 0.707 e. The van der Waals surface area contributed by atoms with Crippen molar-refractivity contribution in [3.63, 3.8) is 0 Å². The Kier molecular flexibility index (Phi) is 3.61. The van der Waals surface area contributed by atoms with Gasteiger partial charge in [-0.1, -0.05) is 36.4 Å². The van der Waals surface area contributed by atoms with Crippen molar-refractivity contribution in [2.45, 2.75) is 0 Å². The van der Waals surface area contributed by atoms with E-state index in [1.165, 1.54) is 0 Å². The monoisotopic (exact) mass is 318 g/mol. The van der Waals surface area contributed by atoms with Crippen LogP contribution in [0.4, 0.5) is 28.4 Å². The first-order valence-electron chi connectivity index (χ1n) is 7.61. The topological polar surface area (TPSA) is 65.0 Å². The van der Waals surface area contributed by atoms with Gasteiger partial charge in [-0.2, -0.15) is 0 Å². The van der Waals surface area contributed by atoms with E-state index < -0.39 is 7.32 Å². The molecule has 5 nitrogen and oxygen atoms in total. The van der Waals surface area contributed by atoms with Gasteiger partial charge in [0, 0.05) is 5.69 Å². The second-order valence-electron chi connectivity index (χ2n) is 5.41. The minimum absolute atomic E-state index is 0.373. The highest BCUT2D eigenvalue weighted by Crippen LogP contribution is 2.50. The van der Waals surface area contributed by atoms with Gasteiger partial charge < -0.3 is 24.9 Å². The van der Waals surface area contributed by atoms with Gasteiger partial charge in [-0.15, -0.1) is 0 Å². The maximum absolute atomic E-state index is 9.18. The number of hydrogen-bond donors (Lipinski definition) is 3. The summed E-state index contributed by atoms with van der Waals surface area (Å²) in [7, 11) is -1.87. The summed E-state index contributed by atoms with van der Waals surface area (Å²) >= 11 is 0. The Balaban J connectivity index is 1.92. The predicted molar refractivity (Wildman–Crippen MR) is 95.2 cm³/mol. The first-order valence-corrected chi connectivity index (χ1v) is 7.61. The fourth-order valence-corrected chi connectivity index (χ4v) is 2.94. The summed E-state index contributed by atoms with van der Waals surface area (Å²) in [6.45, 7) is 0. The molecule has 1 aliphatic rings. The molecule has 4 rings (SSSR count). The number of hydrogen-bond acceptors (Lipinski definition) is 5. The number of fused-ring (bicyclic) bond motifs is 2. The summed E-state index contributed by atoms with van der Waals surface area (Å²) in [6.07, 6.45) is 0. The Labute approximate surface area is 139 Å². The Bertz CT molecular complexity index is 871. The fourth-order valence-electron chi connectivity index (χ4n) is 2.94. The van der Waals surface area contributed by atoms with Crippen molar-refractivity contribution in [1.82, 2.24) is 0 Å². The molecule has 0 radical (unpaired) electrons. The molecule has 0 saturated carbocycles. The standard InChI is InChI=1S/C18H15BN2O3/c22-19(23)24-17-12-6-11-16-18(17)20-14-9-4-5-10-15(14)21(16)13-7-2-1-3-8-13/h1-12,20,22-23H. The Morgan fingerprint density at radius 2 is 1.50 bits per heavy atom. The Morgan fingerprint density at radius 1 is 0.792 bits per heavy atom. The van der Waals surface area contributed by atoms with Gasteiger partial charge in [-0.25, -0.2) is 0 Å². The second-order valence-corrected chi connectivity index (χ2v) is 5.41. The molecule has 0 amide bonds. The minimum atomic E-state index is -1.87. The third-order valence-electron chi connectivity index (χ3n) is 3.90. The van der Waals surface area contributed by atoms with Crippen LogP contribution in [0.3, 0.4) is 0 Å². The average molecular weight is 318 g/mol. The summed E-state index contributed by atoms with van der Waals surface area (Å²) < 4.78 is 5.13. The van der Waals surface area contributed by atoms with Crippen LogP contribution >= 0.6 is 0 Å². The Hall–Kier alpha value is -2.96. The van der Waals surface area contributed by atoms with Gasteiger partial charge in [0.2, 0.25) is 0 Å². The summed E-state index contributed by atoms with van der Waals surface area (Å²) in [5.74, 6) is 0.373. The first kappa shape index (κ1) is 14.6. The van der Waals surface area contributed by atoms with Crippen LogP contribution in [0.25, 0.3) is 0 Å². The highest BCUT2D eigenvalue weighted by Gasteiger charge is 2.27. The SMILES string of the molecule is OB(O)Oc1cccc2c1Nc1ccccc1N2c1ccccc1. The molecule has 0 aliphatic carbocycles. The molecule has 0 bridgehead atoms.